The number of imide groups is 2. The van der Waals surface area contributed by atoms with Crippen LogP contribution in [0.5, 0.6) is 5.75 Å². The number of amides is 4. The number of anilines is 2. The third-order valence-corrected chi connectivity index (χ3v) is 11.9. The van der Waals surface area contributed by atoms with Gasteiger partial charge < -0.3 is 9.52 Å². The van der Waals surface area contributed by atoms with Crippen LogP contribution in [0.3, 0.4) is 0 Å². The van der Waals surface area contributed by atoms with Crippen LogP contribution in [-0.2, 0) is 19.2 Å². The van der Waals surface area contributed by atoms with Crippen molar-refractivity contribution in [3.05, 3.63) is 119 Å². The van der Waals surface area contributed by atoms with Crippen molar-refractivity contribution < 1.29 is 33.1 Å². The Labute approximate surface area is 302 Å². The number of fused-ring (bicyclic) bond motifs is 5. The second-order valence-electron chi connectivity index (χ2n) is 14.4. The van der Waals surface area contributed by atoms with Crippen molar-refractivity contribution in [1.82, 2.24) is 4.98 Å². The number of nitrogens with zero attached hydrogens (tertiary/aromatic N) is 3. The maximum Gasteiger partial charge on any atom is 0.241 e. The number of para-hydroxylation sites is 2. The molecular weight excluding hydrogens is 685 g/mol. The number of carbonyl (C=O) groups excluding carboxylic acids is 4. The van der Waals surface area contributed by atoms with Crippen LogP contribution in [0.25, 0.3) is 22.6 Å². The zero-order chi connectivity index (χ0) is 36.2. The summed E-state index contributed by atoms with van der Waals surface area (Å²) >= 11 is 6.10. The summed E-state index contributed by atoms with van der Waals surface area (Å²) < 4.78 is 20.1. The van der Waals surface area contributed by atoms with Crippen LogP contribution < -0.4 is 9.80 Å². The molecule has 4 aliphatic rings. The molecule has 0 bridgehead atoms. The molecule has 0 radical (unpaired) electrons. The van der Waals surface area contributed by atoms with E-state index in [0.717, 1.165) is 22.1 Å². The molecule has 5 aromatic rings. The fraction of sp³-hybridized carbons (Fsp3) is 0.244. The minimum absolute atomic E-state index is 0.0845. The average molecular weight is 716 g/mol. The van der Waals surface area contributed by atoms with E-state index in [1.165, 1.54) is 17.0 Å². The summed E-state index contributed by atoms with van der Waals surface area (Å²) in [5.41, 5.74) is 3.46. The fourth-order valence-electron chi connectivity index (χ4n) is 9.13. The Hall–Kier alpha value is -5.61. The molecule has 9 rings (SSSR count). The molecule has 1 aromatic heterocycles. The second-order valence-corrected chi connectivity index (χ2v) is 14.8. The quantitative estimate of drug-likeness (QED) is 0.149. The zero-order valence-electron chi connectivity index (χ0n) is 28.0. The van der Waals surface area contributed by atoms with Crippen LogP contribution in [0.2, 0.25) is 5.02 Å². The molecule has 9 nitrogen and oxygen atoms in total. The second kappa shape index (κ2) is 11.4. The van der Waals surface area contributed by atoms with Gasteiger partial charge >= 0.3 is 0 Å². The van der Waals surface area contributed by atoms with Gasteiger partial charge in [0.15, 0.2) is 5.58 Å². The number of phenolic OH excluding ortho intramolecular Hbond substituents is 1. The lowest BCUT2D eigenvalue weighted by atomic mass is 9.51. The van der Waals surface area contributed by atoms with Crippen molar-refractivity contribution in [2.24, 2.45) is 29.1 Å². The number of hydrogen-bond donors (Lipinski definition) is 1. The first-order valence-corrected chi connectivity index (χ1v) is 17.5. The number of aryl methyl sites for hydroxylation is 1. The van der Waals surface area contributed by atoms with E-state index in [1.54, 1.807) is 56.3 Å². The van der Waals surface area contributed by atoms with Gasteiger partial charge in [-0.15, -0.1) is 0 Å². The lowest BCUT2D eigenvalue weighted by Gasteiger charge is -2.49. The molecule has 4 aromatic carbocycles. The van der Waals surface area contributed by atoms with E-state index < -0.39 is 52.6 Å². The smallest absolute Gasteiger partial charge is 0.241 e. The minimum Gasteiger partial charge on any atom is -0.508 e. The first kappa shape index (κ1) is 32.3. The molecule has 260 valence electrons. The molecule has 4 amide bonds. The number of allylic oxidation sites excluding steroid dienone is 2. The van der Waals surface area contributed by atoms with Crippen molar-refractivity contribution in [1.29, 1.82) is 0 Å². The fourth-order valence-corrected chi connectivity index (χ4v) is 9.30. The number of carbonyl (C=O) groups is 4. The van der Waals surface area contributed by atoms with Gasteiger partial charge in [-0.3, -0.25) is 24.1 Å². The lowest BCUT2D eigenvalue weighted by Crippen LogP contribution is -2.48. The summed E-state index contributed by atoms with van der Waals surface area (Å²) in [6.45, 7) is 3.52. The number of aromatic hydroxyl groups is 1. The van der Waals surface area contributed by atoms with Gasteiger partial charge in [-0.2, -0.15) is 0 Å². The molecular formula is C41H31ClFN3O6. The standard InChI is InChI=1S/C41H31ClFN3O6/c1-20-17-22(9-16-32(20)47)35-25-13-14-26-34(27(25)19-28-38(49)46(40(51)41(28,35)2)24-12-15-30(43)29(42)18-24)39(50)45(37(26)48)23-10-7-21(8-11-23)36-44-31-5-3-4-6-33(31)52-36/h3-13,15-18,26-28,34-35,47H,14,19H2,1-2H3. The molecule has 1 N–H and O–H groups in total. The van der Waals surface area contributed by atoms with E-state index in [4.69, 9.17) is 16.0 Å². The average Bonchev–Trinajstić information content (AvgIpc) is 3.74. The van der Waals surface area contributed by atoms with E-state index in [-0.39, 0.29) is 41.1 Å². The molecule has 2 aliphatic heterocycles. The van der Waals surface area contributed by atoms with Crippen LogP contribution in [0.1, 0.15) is 36.8 Å². The highest BCUT2D eigenvalue weighted by molar-refractivity contribution is 6.32. The lowest BCUT2D eigenvalue weighted by molar-refractivity contribution is -0.131. The van der Waals surface area contributed by atoms with E-state index in [0.29, 0.717) is 33.9 Å². The monoisotopic (exact) mass is 715 g/mol. The van der Waals surface area contributed by atoms with Crippen LogP contribution in [0.4, 0.5) is 15.8 Å². The summed E-state index contributed by atoms with van der Waals surface area (Å²) in [6.07, 6.45) is 2.42. The van der Waals surface area contributed by atoms with E-state index >= 15 is 0 Å². The SMILES string of the molecule is Cc1cc(C2C3=CCC4C(=O)N(c5ccc(-c6nc7ccccc7o6)cc5)C(=O)C4C3CC3C(=O)N(c4ccc(F)c(Cl)c4)C(=O)C32C)ccc1O. The molecule has 6 atom stereocenters. The highest BCUT2D eigenvalue weighted by Crippen LogP contribution is 2.64. The highest BCUT2D eigenvalue weighted by atomic mass is 35.5. The summed E-state index contributed by atoms with van der Waals surface area (Å²) in [5.74, 6) is -5.23. The third kappa shape index (κ3) is 4.49. The Kier molecular flexibility index (Phi) is 7.11. The molecule has 2 aliphatic carbocycles. The van der Waals surface area contributed by atoms with Gasteiger partial charge in [0, 0.05) is 11.5 Å². The predicted octanol–water partition coefficient (Wildman–Crippen LogP) is 7.74. The zero-order valence-corrected chi connectivity index (χ0v) is 28.8. The van der Waals surface area contributed by atoms with E-state index in [2.05, 4.69) is 4.98 Å². The Bertz CT molecular complexity index is 2390. The summed E-state index contributed by atoms with van der Waals surface area (Å²) in [7, 11) is 0. The molecule has 6 unspecified atom stereocenters. The van der Waals surface area contributed by atoms with Crippen molar-refractivity contribution in [2.45, 2.75) is 32.6 Å². The summed E-state index contributed by atoms with van der Waals surface area (Å²) in [5, 5.41) is 10.2. The normalized spacial score (nSPS) is 26.8. The van der Waals surface area contributed by atoms with Crippen molar-refractivity contribution in [2.75, 3.05) is 9.80 Å². The molecule has 1 saturated carbocycles. The Balaban J connectivity index is 1.10. The van der Waals surface area contributed by atoms with Crippen LogP contribution in [0.15, 0.2) is 101 Å². The molecule has 0 spiro atoms. The molecule has 52 heavy (non-hydrogen) atoms. The van der Waals surface area contributed by atoms with Crippen LogP contribution in [-0.4, -0.2) is 33.7 Å². The van der Waals surface area contributed by atoms with Crippen molar-refractivity contribution in [3.63, 3.8) is 0 Å². The first-order chi connectivity index (χ1) is 25.0. The number of phenols is 1. The van der Waals surface area contributed by atoms with Crippen LogP contribution >= 0.6 is 11.6 Å². The van der Waals surface area contributed by atoms with Crippen molar-refractivity contribution in [3.8, 4) is 17.2 Å². The number of hydrogen-bond acceptors (Lipinski definition) is 7. The molecule has 3 heterocycles. The third-order valence-electron chi connectivity index (χ3n) is 11.7. The maximum atomic E-state index is 14.6. The van der Waals surface area contributed by atoms with E-state index in [1.807, 2.05) is 30.3 Å². The number of halogens is 2. The van der Waals surface area contributed by atoms with Gasteiger partial charge in [-0.25, -0.2) is 14.3 Å². The Morgan fingerprint density at radius 2 is 1.63 bits per heavy atom. The Morgan fingerprint density at radius 3 is 2.37 bits per heavy atom. The van der Waals surface area contributed by atoms with E-state index in [9.17, 15) is 28.7 Å². The molecule has 3 fully saturated rings. The molecule has 11 heteroatoms. The number of aromatic nitrogens is 1. The minimum atomic E-state index is -1.29. The molecule has 2 saturated heterocycles. The first-order valence-electron chi connectivity index (χ1n) is 17.1. The predicted molar refractivity (Wildman–Crippen MR) is 191 cm³/mol. The summed E-state index contributed by atoms with van der Waals surface area (Å²) in [4.78, 5) is 64.4. The summed E-state index contributed by atoms with van der Waals surface area (Å²) in [6, 6.07) is 23.2. The number of oxazole rings is 1. The van der Waals surface area contributed by atoms with Gasteiger partial charge in [0.1, 0.15) is 17.1 Å². The maximum absolute atomic E-state index is 14.6. The topological polar surface area (TPSA) is 121 Å². The van der Waals surface area contributed by atoms with Crippen molar-refractivity contribution >= 4 is 57.7 Å². The van der Waals surface area contributed by atoms with Gasteiger partial charge in [-0.1, -0.05) is 47.5 Å². The number of benzene rings is 4. The largest absolute Gasteiger partial charge is 0.508 e. The highest BCUT2D eigenvalue weighted by Gasteiger charge is 2.67. The van der Waals surface area contributed by atoms with Crippen LogP contribution in [0, 0.1) is 41.8 Å². The Morgan fingerprint density at radius 1 is 0.885 bits per heavy atom. The van der Waals surface area contributed by atoms with Gasteiger partial charge in [0.05, 0.1) is 39.6 Å². The van der Waals surface area contributed by atoms with Gasteiger partial charge in [0.25, 0.3) is 0 Å². The van der Waals surface area contributed by atoms with Gasteiger partial charge in [-0.05, 0) is 104 Å². The number of rotatable bonds is 4. The van der Waals surface area contributed by atoms with Gasteiger partial charge in [0.2, 0.25) is 29.5 Å².